The summed E-state index contributed by atoms with van der Waals surface area (Å²) in [6, 6.07) is 6.07. The van der Waals surface area contributed by atoms with Gasteiger partial charge in [0.15, 0.2) is 0 Å². The third-order valence-corrected chi connectivity index (χ3v) is 3.22. The Kier molecular flexibility index (Phi) is 3.34. The second-order valence-corrected chi connectivity index (χ2v) is 4.50. The molecule has 0 saturated carbocycles. The van der Waals surface area contributed by atoms with E-state index in [1.807, 2.05) is 13.0 Å². The number of β-amino-alcohol motifs (C(OH)–C–C–N with tert-alkyl or cyclic N) is 1. The van der Waals surface area contributed by atoms with Crippen LogP contribution in [0, 0.1) is 0 Å². The molecule has 0 spiro atoms. The van der Waals surface area contributed by atoms with Crippen molar-refractivity contribution in [2.24, 2.45) is 0 Å². The summed E-state index contributed by atoms with van der Waals surface area (Å²) in [7, 11) is 0. The first-order chi connectivity index (χ1) is 7.70. The number of hydrogen-bond acceptors (Lipinski definition) is 3. The van der Waals surface area contributed by atoms with Crippen LogP contribution in [0.25, 0.3) is 0 Å². The van der Waals surface area contributed by atoms with Crippen LogP contribution in [0.3, 0.4) is 0 Å². The third-order valence-electron chi connectivity index (χ3n) is 3.22. The summed E-state index contributed by atoms with van der Waals surface area (Å²) in [5, 5.41) is 9.72. The smallest absolute Gasteiger partial charge is 0.0712 e. The summed E-state index contributed by atoms with van der Waals surface area (Å²) in [4.78, 5) is 2.27. The van der Waals surface area contributed by atoms with Crippen molar-refractivity contribution in [2.45, 2.75) is 32.3 Å². The number of nitrogens with two attached hydrogens (primary N) is 1. The quantitative estimate of drug-likeness (QED) is 0.764. The first-order valence-electron chi connectivity index (χ1n) is 6.02. The molecule has 3 nitrogen and oxygen atoms in total. The molecule has 0 fully saturated rings. The fourth-order valence-electron chi connectivity index (χ4n) is 2.27. The van der Waals surface area contributed by atoms with Crippen molar-refractivity contribution in [3.05, 3.63) is 23.8 Å². The fourth-order valence-corrected chi connectivity index (χ4v) is 2.27. The van der Waals surface area contributed by atoms with Crippen LogP contribution in [-0.4, -0.2) is 24.3 Å². The average molecular weight is 220 g/mol. The van der Waals surface area contributed by atoms with E-state index in [0.29, 0.717) is 0 Å². The van der Waals surface area contributed by atoms with Gasteiger partial charge >= 0.3 is 0 Å². The standard InChI is InChI=1S/C13H20N2O/c1-2-12(16)9-15-7-3-4-10-8-11(14)5-6-13(10)15/h5-6,8,12,16H,2-4,7,9,14H2,1H3. The number of aryl methyl sites for hydroxylation is 1. The van der Waals surface area contributed by atoms with Gasteiger partial charge < -0.3 is 15.7 Å². The molecule has 16 heavy (non-hydrogen) atoms. The van der Waals surface area contributed by atoms with Gasteiger partial charge in [-0.15, -0.1) is 0 Å². The fraction of sp³-hybridized carbons (Fsp3) is 0.538. The summed E-state index contributed by atoms with van der Waals surface area (Å²) in [5.74, 6) is 0. The van der Waals surface area contributed by atoms with Crippen molar-refractivity contribution in [3.63, 3.8) is 0 Å². The van der Waals surface area contributed by atoms with Crippen LogP contribution >= 0.6 is 0 Å². The summed E-state index contributed by atoms with van der Waals surface area (Å²) < 4.78 is 0. The van der Waals surface area contributed by atoms with Gasteiger partial charge in [-0.1, -0.05) is 6.92 Å². The molecule has 1 unspecified atom stereocenters. The van der Waals surface area contributed by atoms with Gasteiger partial charge in [0.2, 0.25) is 0 Å². The molecule has 1 aliphatic heterocycles. The minimum absolute atomic E-state index is 0.233. The number of hydrogen-bond donors (Lipinski definition) is 2. The summed E-state index contributed by atoms with van der Waals surface area (Å²) in [6.45, 7) is 3.78. The van der Waals surface area contributed by atoms with Crippen molar-refractivity contribution >= 4 is 11.4 Å². The summed E-state index contributed by atoms with van der Waals surface area (Å²) >= 11 is 0. The monoisotopic (exact) mass is 220 g/mol. The molecule has 0 radical (unpaired) electrons. The summed E-state index contributed by atoms with van der Waals surface area (Å²) in [6.07, 6.45) is 2.82. The predicted molar refractivity (Wildman–Crippen MR) is 67.7 cm³/mol. The number of nitrogens with zero attached hydrogens (tertiary/aromatic N) is 1. The van der Waals surface area contributed by atoms with E-state index < -0.39 is 0 Å². The second kappa shape index (κ2) is 4.74. The Morgan fingerprint density at radius 2 is 2.31 bits per heavy atom. The first-order valence-corrected chi connectivity index (χ1v) is 6.02. The number of nitrogen functional groups attached to an aromatic ring is 1. The molecule has 0 saturated heterocycles. The molecule has 1 aromatic rings. The van der Waals surface area contributed by atoms with E-state index in [4.69, 9.17) is 5.73 Å². The van der Waals surface area contributed by atoms with E-state index in [1.165, 1.54) is 11.3 Å². The van der Waals surface area contributed by atoms with Crippen LogP contribution in [-0.2, 0) is 6.42 Å². The van der Waals surface area contributed by atoms with Gasteiger partial charge in [0.1, 0.15) is 0 Å². The van der Waals surface area contributed by atoms with Gasteiger partial charge in [0.05, 0.1) is 6.10 Å². The molecule has 0 bridgehead atoms. The van der Waals surface area contributed by atoms with Crippen LogP contribution in [0.4, 0.5) is 11.4 Å². The van der Waals surface area contributed by atoms with E-state index >= 15 is 0 Å². The maximum atomic E-state index is 9.72. The van der Waals surface area contributed by atoms with E-state index in [0.717, 1.165) is 38.0 Å². The Hall–Kier alpha value is -1.22. The molecule has 0 aromatic heterocycles. The third kappa shape index (κ3) is 2.30. The average Bonchev–Trinajstić information content (AvgIpc) is 2.28. The van der Waals surface area contributed by atoms with E-state index in [9.17, 15) is 5.11 Å². The van der Waals surface area contributed by atoms with Crippen LogP contribution in [0.2, 0.25) is 0 Å². The van der Waals surface area contributed by atoms with Gasteiger partial charge in [-0.2, -0.15) is 0 Å². The van der Waals surface area contributed by atoms with Crippen molar-refractivity contribution in [3.8, 4) is 0 Å². The Labute approximate surface area is 96.9 Å². The number of anilines is 2. The Morgan fingerprint density at radius 1 is 1.50 bits per heavy atom. The number of benzene rings is 1. The topological polar surface area (TPSA) is 49.5 Å². The number of aliphatic hydroxyl groups excluding tert-OH is 1. The zero-order valence-electron chi connectivity index (χ0n) is 9.82. The lowest BCUT2D eigenvalue weighted by molar-refractivity contribution is 0.175. The normalized spacial score (nSPS) is 17.0. The van der Waals surface area contributed by atoms with Crippen molar-refractivity contribution in [2.75, 3.05) is 23.7 Å². The zero-order valence-corrected chi connectivity index (χ0v) is 9.82. The maximum Gasteiger partial charge on any atom is 0.0712 e. The molecule has 0 aliphatic carbocycles. The molecular formula is C13H20N2O. The van der Waals surface area contributed by atoms with E-state index in [1.54, 1.807) is 0 Å². The predicted octanol–water partition coefficient (Wildman–Crippen LogP) is 1.79. The number of fused-ring (bicyclic) bond motifs is 1. The molecular weight excluding hydrogens is 200 g/mol. The SMILES string of the molecule is CCC(O)CN1CCCc2cc(N)ccc21. The van der Waals surface area contributed by atoms with Crippen LogP contribution in [0.1, 0.15) is 25.3 Å². The Balaban J connectivity index is 2.19. The Morgan fingerprint density at radius 3 is 3.06 bits per heavy atom. The molecule has 3 heteroatoms. The molecule has 1 heterocycles. The number of aliphatic hydroxyl groups is 1. The van der Waals surface area contributed by atoms with Crippen molar-refractivity contribution < 1.29 is 5.11 Å². The van der Waals surface area contributed by atoms with Crippen LogP contribution < -0.4 is 10.6 Å². The Bertz CT molecular complexity index is 365. The lowest BCUT2D eigenvalue weighted by Gasteiger charge is -2.32. The highest BCUT2D eigenvalue weighted by Gasteiger charge is 2.18. The van der Waals surface area contributed by atoms with E-state index in [-0.39, 0.29) is 6.10 Å². The first kappa shape index (κ1) is 11.3. The van der Waals surface area contributed by atoms with Gasteiger partial charge in [0, 0.05) is 24.5 Å². The van der Waals surface area contributed by atoms with Crippen molar-refractivity contribution in [1.82, 2.24) is 0 Å². The molecule has 0 amide bonds. The molecule has 1 aliphatic rings. The van der Waals surface area contributed by atoms with Crippen molar-refractivity contribution in [1.29, 1.82) is 0 Å². The van der Waals surface area contributed by atoms with Crippen LogP contribution in [0.5, 0.6) is 0 Å². The van der Waals surface area contributed by atoms with Gasteiger partial charge in [-0.25, -0.2) is 0 Å². The van der Waals surface area contributed by atoms with Gasteiger partial charge in [-0.05, 0) is 43.0 Å². The minimum atomic E-state index is -0.233. The number of rotatable bonds is 3. The molecule has 3 N–H and O–H groups in total. The van der Waals surface area contributed by atoms with Gasteiger partial charge in [-0.3, -0.25) is 0 Å². The van der Waals surface area contributed by atoms with Gasteiger partial charge in [0.25, 0.3) is 0 Å². The molecule has 2 rings (SSSR count). The highest BCUT2D eigenvalue weighted by atomic mass is 16.3. The molecule has 1 aromatic carbocycles. The largest absolute Gasteiger partial charge is 0.399 e. The van der Waals surface area contributed by atoms with E-state index in [2.05, 4.69) is 17.0 Å². The lowest BCUT2D eigenvalue weighted by Crippen LogP contribution is -2.36. The highest BCUT2D eigenvalue weighted by molar-refractivity contribution is 5.61. The molecule has 88 valence electrons. The molecule has 1 atom stereocenters. The maximum absolute atomic E-state index is 9.72. The summed E-state index contributed by atoms with van der Waals surface area (Å²) in [5.41, 5.74) is 9.17. The second-order valence-electron chi connectivity index (χ2n) is 4.50. The zero-order chi connectivity index (χ0) is 11.5. The highest BCUT2D eigenvalue weighted by Crippen LogP contribution is 2.28. The lowest BCUT2D eigenvalue weighted by atomic mass is 10.0. The minimum Gasteiger partial charge on any atom is -0.399 e. The van der Waals surface area contributed by atoms with Crippen LogP contribution in [0.15, 0.2) is 18.2 Å².